The van der Waals surface area contributed by atoms with E-state index in [1.807, 2.05) is 0 Å². The molecular formula is C19H32N4O9. The van der Waals surface area contributed by atoms with Gasteiger partial charge < -0.3 is 33.7 Å². The van der Waals surface area contributed by atoms with Gasteiger partial charge in [0.2, 0.25) is 5.91 Å². The van der Waals surface area contributed by atoms with Crippen molar-refractivity contribution < 1.29 is 42.8 Å². The van der Waals surface area contributed by atoms with Crippen LogP contribution in [-0.4, -0.2) is 88.6 Å². The second-order valence-electron chi connectivity index (χ2n) is 7.05. The Balaban J connectivity index is 2.62. The summed E-state index contributed by atoms with van der Waals surface area (Å²) in [5.41, 5.74) is 8.17. The zero-order chi connectivity index (χ0) is 23.9. The summed E-state index contributed by atoms with van der Waals surface area (Å²) in [6.45, 7) is 7.16. The first-order valence-corrected chi connectivity index (χ1v) is 10.3. The number of azide groups is 1. The number of hydrogen-bond donors (Lipinski definition) is 1. The Morgan fingerprint density at radius 3 is 2.28 bits per heavy atom. The maximum absolute atomic E-state index is 11.7. The minimum atomic E-state index is -0.870. The van der Waals surface area contributed by atoms with Crippen molar-refractivity contribution in [2.24, 2.45) is 11.0 Å². The Labute approximate surface area is 186 Å². The smallest absolute Gasteiger partial charge is 0.303 e. The molecule has 32 heavy (non-hydrogen) atoms. The standard InChI is InChI=1S/C19H32N4O9/c1-12-17(22-13(2)24)19(29-10-9-28-8-7-27-6-5-21-23-20)32-16(11-30-14(3)25)18(12)31-15(4)26/h12,16-19H,5-11H2,1-4H3,(H,22,24)/t12-,16?,17?,18-,19-/m1/s1. The van der Waals surface area contributed by atoms with Crippen LogP contribution in [0.3, 0.4) is 0 Å². The monoisotopic (exact) mass is 460 g/mol. The Morgan fingerprint density at radius 2 is 1.69 bits per heavy atom. The Kier molecular flexibility index (Phi) is 13.3. The van der Waals surface area contributed by atoms with Gasteiger partial charge in [0.05, 0.1) is 39.1 Å². The molecule has 1 fully saturated rings. The van der Waals surface area contributed by atoms with Gasteiger partial charge >= 0.3 is 11.9 Å². The summed E-state index contributed by atoms with van der Waals surface area (Å²) < 4.78 is 32.8. The van der Waals surface area contributed by atoms with Crippen LogP contribution in [-0.2, 0) is 42.8 Å². The van der Waals surface area contributed by atoms with Crippen molar-refractivity contribution in [2.75, 3.05) is 46.2 Å². The predicted molar refractivity (Wildman–Crippen MR) is 109 cm³/mol. The average Bonchev–Trinajstić information content (AvgIpc) is 2.72. The van der Waals surface area contributed by atoms with Crippen molar-refractivity contribution in [1.29, 1.82) is 0 Å². The van der Waals surface area contributed by atoms with Crippen molar-refractivity contribution in [3.8, 4) is 0 Å². The van der Waals surface area contributed by atoms with E-state index in [2.05, 4.69) is 15.3 Å². The Hall–Kier alpha value is -2.44. The minimum Gasteiger partial charge on any atom is -0.463 e. The molecule has 0 saturated carbocycles. The third kappa shape index (κ3) is 10.7. The topological polar surface area (TPSA) is 167 Å². The molecule has 1 saturated heterocycles. The van der Waals surface area contributed by atoms with Gasteiger partial charge in [0.25, 0.3) is 0 Å². The number of nitrogens with one attached hydrogen (secondary N) is 1. The Morgan fingerprint density at radius 1 is 1.03 bits per heavy atom. The first kappa shape index (κ1) is 27.6. The second-order valence-corrected chi connectivity index (χ2v) is 7.05. The number of nitrogens with zero attached hydrogens (tertiary/aromatic N) is 3. The number of rotatable bonds is 14. The summed E-state index contributed by atoms with van der Waals surface area (Å²) in [6, 6.07) is -0.602. The fraction of sp³-hybridized carbons (Fsp3) is 0.842. The maximum Gasteiger partial charge on any atom is 0.303 e. The highest BCUT2D eigenvalue weighted by atomic mass is 16.7. The predicted octanol–water partition coefficient (Wildman–Crippen LogP) is 0.707. The highest BCUT2D eigenvalue weighted by molar-refractivity contribution is 5.73. The molecule has 0 aromatic rings. The number of hydrogen-bond acceptors (Lipinski definition) is 10. The summed E-state index contributed by atoms with van der Waals surface area (Å²) in [5.74, 6) is -1.70. The van der Waals surface area contributed by atoms with Crippen LogP contribution in [0.4, 0.5) is 0 Å². The molecule has 1 aliphatic rings. The molecule has 13 nitrogen and oxygen atoms in total. The van der Waals surface area contributed by atoms with Gasteiger partial charge in [-0.1, -0.05) is 12.0 Å². The molecule has 2 unspecified atom stereocenters. The number of esters is 2. The van der Waals surface area contributed by atoms with Crippen LogP contribution in [0.25, 0.3) is 10.4 Å². The van der Waals surface area contributed by atoms with Gasteiger partial charge in [-0.2, -0.15) is 0 Å². The van der Waals surface area contributed by atoms with E-state index in [0.717, 1.165) is 0 Å². The molecular weight excluding hydrogens is 428 g/mol. The van der Waals surface area contributed by atoms with Gasteiger partial charge in [0.15, 0.2) is 6.29 Å². The molecule has 182 valence electrons. The third-order valence-corrected chi connectivity index (χ3v) is 4.46. The maximum atomic E-state index is 11.7. The first-order valence-electron chi connectivity index (χ1n) is 10.3. The summed E-state index contributed by atoms with van der Waals surface area (Å²) in [6.07, 6.45) is -2.38. The second kappa shape index (κ2) is 15.4. The van der Waals surface area contributed by atoms with E-state index < -0.39 is 36.5 Å². The first-order chi connectivity index (χ1) is 15.3. The van der Waals surface area contributed by atoms with Gasteiger partial charge in [0, 0.05) is 38.1 Å². The lowest BCUT2D eigenvalue weighted by Crippen LogP contribution is -2.62. The summed E-state index contributed by atoms with van der Waals surface area (Å²) in [4.78, 5) is 37.1. The molecule has 0 aromatic heterocycles. The minimum absolute atomic E-state index is 0.131. The highest BCUT2D eigenvalue weighted by Crippen LogP contribution is 2.29. The summed E-state index contributed by atoms with van der Waals surface area (Å²) in [7, 11) is 0. The third-order valence-electron chi connectivity index (χ3n) is 4.46. The van der Waals surface area contributed by atoms with Crippen molar-refractivity contribution >= 4 is 17.8 Å². The summed E-state index contributed by atoms with van der Waals surface area (Å²) >= 11 is 0. The fourth-order valence-electron chi connectivity index (χ4n) is 3.11. The average molecular weight is 460 g/mol. The van der Waals surface area contributed by atoms with Crippen molar-refractivity contribution in [1.82, 2.24) is 5.32 Å². The van der Waals surface area contributed by atoms with Crippen LogP contribution >= 0.6 is 0 Å². The van der Waals surface area contributed by atoms with Crippen molar-refractivity contribution in [3.63, 3.8) is 0 Å². The lowest BCUT2D eigenvalue weighted by atomic mass is 9.88. The van der Waals surface area contributed by atoms with E-state index in [4.69, 9.17) is 34.0 Å². The van der Waals surface area contributed by atoms with Crippen LogP contribution in [0.1, 0.15) is 27.7 Å². The molecule has 0 radical (unpaired) electrons. The zero-order valence-corrected chi connectivity index (χ0v) is 18.9. The van der Waals surface area contributed by atoms with Crippen LogP contribution in [0.5, 0.6) is 0 Å². The van der Waals surface area contributed by atoms with Crippen LogP contribution in [0.15, 0.2) is 5.11 Å². The Bertz CT molecular complexity index is 655. The molecule has 0 aliphatic carbocycles. The van der Waals surface area contributed by atoms with E-state index in [9.17, 15) is 14.4 Å². The number of amides is 1. The van der Waals surface area contributed by atoms with E-state index in [-0.39, 0.29) is 38.2 Å². The number of carbonyl (C=O) groups is 3. The SMILES string of the molecule is CC(=O)NC1[C@H](OCCOCCOCCN=[N+]=[N-])OC(COC(C)=O)[C@H](OC(C)=O)[C@@H]1C. The zero-order valence-electron chi connectivity index (χ0n) is 18.9. The van der Waals surface area contributed by atoms with Gasteiger partial charge in [-0.25, -0.2) is 0 Å². The fourth-order valence-corrected chi connectivity index (χ4v) is 3.11. The molecule has 1 aliphatic heterocycles. The molecule has 5 atom stereocenters. The van der Waals surface area contributed by atoms with Gasteiger partial charge in [-0.05, 0) is 5.53 Å². The van der Waals surface area contributed by atoms with Gasteiger partial charge in [-0.3, -0.25) is 14.4 Å². The molecule has 0 aromatic carbocycles. The van der Waals surface area contributed by atoms with Crippen LogP contribution in [0.2, 0.25) is 0 Å². The molecule has 1 amide bonds. The normalized spacial score (nSPS) is 24.8. The van der Waals surface area contributed by atoms with Crippen LogP contribution < -0.4 is 5.32 Å². The molecule has 1 rings (SSSR count). The molecule has 0 spiro atoms. The highest BCUT2D eigenvalue weighted by Gasteiger charge is 2.46. The van der Waals surface area contributed by atoms with E-state index in [0.29, 0.717) is 19.8 Å². The van der Waals surface area contributed by atoms with E-state index in [1.165, 1.54) is 20.8 Å². The van der Waals surface area contributed by atoms with Crippen LogP contribution in [0, 0.1) is 5.92 Å². The molecule has 13 heteroatoms. The number of ether oxygens (including phenoxy) is 6. The van der Waals surface area contributed by atoms with Crippen molar-refractivity contribution in [2.45, 2.75) is 52.2 Å². The quantitative estimate of drug-likeness (QED) is 0.129. The number of carbonyl (C=O) groups excluding carboxylic acids is 3. The van der Waals surface area contributed by atoms with E-state index in [1.54, 1.807) is 6.92 Å². The van der Waals surface area contributed by atoms with E-state index >= 15 is 0 Å². The lowest BCUT2D eigenvalue weighted by molar-refractivity contribution is -0.264. The largest absolute Gasteiger partial charge is 0.463 e. The van der Waals surface area contributed by atoms with Gasteiger partial charge in [-0.15, -0.1) is 0 Å². The molecule has 0 bridgehead atoms. The lowest BCUT2D eigenvalue weighted by Gasteiger charge is -2.44. The van der Waals surface area contributed by atoms with Gasteiger partial charge in [0.1, 0.15) is 18.8 Å². The molecule has 1 N–H and O–H groups in total. The van der Waals surface area contributed by atoms with Crippen molar-refractivity contribution in [3.05, 3.63) is 10.4 Å². The summed E-state index contributed by atoms with van der Waals surface area (Å²) in [5, 5.41) is 6.12. The molecule has 1 heterocycles.